The van der Waals surface area contributed by atoms with E-state index in [2.05, 4.69) is 30.9 Å². The van der Waals surface area contributed by atoms with Gasteiger partial charge in [0.25, 0.3) is 5.89 Å². The number of rotatable bonds is 4. The van der Waals surface area contributed by atoms with E-state index in [1.807, 2.05) is 6.07 Å². The minimum Gasteiger partial charge on any atom is -0.495 e. The molecule has 1 aromatic heterocycles. The Morgan fingerprint density at radius 2 is 2.10 bits per heavy atom. The zero-order valence-electron chi connectivity index (χ0n) is 12.1. The molecule has 0 unspecified atom stereocenters. The maximum absolute atomic E-state index is 5.87. The standard InChI is InChI=1S/C14H19N3O2S/c1-14(2,3)20-8-12-16-13(19-17-12)9-5-6-11(18-4)10(15)7-9/h5-7H,8,15H2,1-4H3. The third-order valence-electron chi connectivity index (χ3n) is 2.58. The van der Waals surface area contributed by atoms with Crippen molar-refractivity contribution in [2.75, 3.05) is 12.8 Å². The van der Waals surface area contributed by atoms with Crippen LogP contribution in [0.2, 0.25) is 0 Å². The van der Waals surface area contributed by atoms with Crippen LogP contribution in [-0.4, -0.2) is 22.0 Å². The first-order valence-electron chi connectivity index (χ1n) is 6.29. The highest BCUT2D eigenvalue weighted by atomic mass is 32.2. The van der Waals surface area contributed by atoms with Gasteiger partial charge in [-0.25, -0.2) is 0 Å². The first-order valence-corrected chi connectivity index (χ1v) is 7.28. The molecular weight excluding hydrogens is 274 g/mol. The molecule has 6 heteroatoms. The van der Waals surface area contributed by atoms with E-state index in [9.17, 15) is 0 Å². The highest BCUT2D eigenvalue weighted by Gasteiger charge is 2.15. The molecule has 1 heterocycles. The summed E-state index contributed by atoms with van der Waals surface area (Å²) in [5.74, 6) is 2.52. The number of hydrogen-bond acceptors (Lipinski definition) is 6. The largest absolute Gasteiger partial charge is 0.495 e. The molecular formula is C14H19N3O2S. The third-order valence-corrected chi connectivity index (χ3v) is 3.85. The predicted octanol–water partition coefficient (Wildman–Crippen LogP) is 3.36. The molecule has 0 saturated carbocycles. The van der Waals surface area contributed by atoms with Gasteiger partial charge in [0.15, 0.2) is 5.82 Å². The fourth-order valence-corrected chi connectivity index (χ4v) is 2.26. The molecule has 1 aromatic carbocycles. The normalized spacial score (nSPS) is 11.6. The predicted molar refractivity (Wildman–Crippen MR) is 81.7 cm³/mol. The van der Waals surface area contributed by atoms with Crippen molar-refractivity contribution < 1.29 is 9.26 Å². The smallest absolute Gasteiger partial charge is 0.258 e. The fraction of sp³-hybridized carbons (Fsp3) is 0.429. The summed E-state index contributed by atoms with van der Waals surface area (Å²) in [6.45, 7) is 6.47. The summed E-state index contributed by atoms with van der Waals surface area (Å²) in [6.07, 6.45) is 0. The van der Waals surface area contributed by atoms with E-state index in [1.54, 1.807) is 31.0 Å². The Balaban J connectivity index is 2.14. The summed E-state index contributed by atoms with van der Waals surface area (Å²) < 4.78 is 10.6. The molecule has 5 nitrogen and oxygen atoms in total. The highest BCUT2D eigenvalue weighted by Crippen LogP contribution is 2.29. The van der Waals surface area contributed by atoms with Crippen LogP contribution >= 0.6 is 11.8 Å². The van der Waals surface area contributed by atoms with E-state index in [1.165, 1.54) is 0 Å². The summed E-state index contributed by atoms with van der Waals surface area (Å²) in [6, 6.07) is 5.41. The van der Waals surface area contributed by atoms with Gasteiger partial charge in [-0.2, -0.15) is 4.98 Å². The van der Waals surface area contributed by atoms with Gasteiger partial charge in [0.2, 0.25) is 0 Å². The zero-order valence-corrected chi connectivity index (χ0v) is 13.0. The minimum absolute atomic E-state index is 0.172. The lowest BCUT2D eigenvalue weighted by molar-refractivity contribution is 0.416. The molecule has 2 aromatic rings. The monoisotopic (exact) mass is 293 g/mol. The SMILES string of the molecule is COc1ccc(-c2nc(CSC(C)(C)C)no2)cc1N. The summed E-state index contributed by atoms with van der Waals surface area (Å²) >= 11 is 1.77. The Kier molecular flexibility index (Phi) is 4.23. The molecule has 0 aliphatic rings. The Bertz CT molecular complexity index is 590. The number of hydrogen-bond donors (Lipinski definition) is 1. The minimum atomic E-state index is 0.172. The van der Waals surface area contributed by atoms with Crippen LogP contribution < -0.4 is 10.5 Å². The number of anilines is 1. The second-order valence-electron chi connectivity index (χ2n) is 5.37. The molecule has 0 fully saturated rings. The van der Waals surface area contributed by atoms with Crippen LogP contribution in [-0.2, 0) is 5.75 Å². The first kappa shape index (κ1) is 14.7. The van der Waals surface area contributed by atoms with Gasteiger partial charge in [0.05, 0.1) is 18.6 Å². The van der Waals surface area contributed by atoms with Crippen LogP contribution in [0.25, 0.3) is 11.5 Å². The molecule has 20 heavy (non-hydrogen) atoms. The molecule has 0 radical (unpaired) electrons. The molecule has 2 N–H and O–H groups in total. The lowest BCUT2D eigenvalue weighted by Gasteiger charge is -2.15. The molecule has 2 rings (SSSR count). The van der Waals surface area contributed by atoms with Crippen molar-refractivity contribution in [2.45, 2.75) is 31.3 Å². The number of nitrogens with two attached hydrogens (primary N) is 1. The van der Waals surface area contributed by atoms with Crippen molar-refractivity contribution in [3.05, 3.63) is 24.0 Å². The second kappa shape index (κ2) is 5.75. The van der Waals surface area contributed by atoms with Crippen LogP contribution in [0.5, 0.6) is 5.75 Å². The zero-order chi connectivity index (χ0) is 14.8. The lowest BCUT2D eigenvalue weighted by Crippen LogP contribution is -2.07. The highest BCUT2D eigenvalue weighted by molar-refractivity contribution is 7.99. The summed E-state index contributed by atoms with van der Waals surface area (Å²) in [5.41, 5.74) is 7.22. The Morgan fingerprint density at radius 3 is 2.70 bits per heavy atom. The molecule has 0 atom stereocenters. The van der Waals surface area contributed by atoms with Crippen molar-refractivity contribution in [2.24, 2.45) is 0 Å². The molecule has 0 aliphatic carbocycles. The van der Waals surface area contributed by atoms with Gasteiger partial charge in [-0.1, -0.05) is 25.9 Å². The molecule has 0 spiro atoms. The fourth-order valence-electron chi connectivity index (χ4n) is 1.58. The number of aromatic nitrogens is 2. The van der Waals surface area contributed by atoms with Crippen LogP contribution in [0.1, 0.15) is 26.6 Å². The number of thioether (sulfide) groups is 1. The second-order valence-corrected chi connectivity index (χ2v) is 7.18. The quantitative estimate of drug-likeness (QED) is 0.871. The van der Waals surface area contributed by atoms with Crippen molar-refractivity contribution in [1.29, 1.82) is 0 Å². The van der Waals surface area contributed by atoms with E-state index < -0.39 is 0 Å². The number of nitrogens with zero attached hydrogens (tertiary/aromatic N) is 2. The van der Waals surface area contributed by atoms with Crippen molar-refractivity contribution in [3.8, 4) is 17.2 Å². The number of nitrogen functional groups attached to an aromatic ring is 1. The Labute approximate surface area is 122 Å². The molecule has 0 aliphatic heterocycles. The van der Waals surface area contributed by atoms with Crippen molar-refractivity contribution >= 4 is 17.4 Å². The third kappa shape index (κ3) is 3.66. The van der Waals surface area contributed by atoms with Crippen LogP contribution in [0, 0.1) is 0 Å². The molecule has 0 bridgehead atoms. The van der Waals surface area contributed by atoms with Gasteiger partial charge in [0, 0.05) is 10.3 Å². The van der Waals surface area contributed by atoms with Gasteiger partial charge < -0.3 is 15.0 Å². The Morgan fingerprint density at radius 1 is 1.35 bits per heavy atom. The average Bonchev–Trinajstić information content (AvgIpc) is 2.84. The Hall–Kier alpha value is -1.69. The molecule has 108 valence electrons. The van der Waals surface area contributed by atoms with Crippen molar-refractivity contribution in [1.82, 2.24) is 10.1 Å². The first-order chi connectivity index (χ1) is 9.39. The van der Waals surface area contributed by atoms with Gasteiger partial charge in [-0.15, -0.1) is 11.8 Å². The van der Waals surface area contributed by atoms with Gasteiger partial charge in [-0.3, -0.25) is 0 Å². The average molecular weight is 293 g/mol. The maximum atomic E-state index is 5.87. The van der Waals surface area contributed by atoms with Gasteiger partial charge in [-0.05, 0) is 18.2 Å². The van der Waals surface area contributed by atoms with E-state index in [-0.39, 0.29) is 4.75 Å². The van der Waals surface area contributed by atoms with Gasteiger partial charge in [0.1, 0.15) is 5.75 Å². The van der Waals surface area contributed by atoms with Crippen LogP contribution in [0.3, 0.4) is 0 Å². The van der Waals surface area contributed by atoms with E-state index >= 15 is 0 Å². The summed E-state index contributed by atoms with van der Waals surface area (Å²) in [7, 11) is 1.58. The number of methoxy groups -OCH3 is 1. The van der Waals surface area contributed by atoms with Crippen molar-refractivity contribution in [3.63, 3.8) is 0 Å². The number of benzene rings is 1. The summed E-state index contributed by atoms with van der Waals surface area (Å²) in [5, 5.41) is 3.99. The molecule has 0 amide bonds. The van der Waals surface area contributed by atoms with Crippen LogP contribution in [0.15, 0.2) is 22.7 Å². The summed E-state index contributed by atoms with van der Waals surface area (Å²) in [4.78, 5) is 4.39. The number of ether oxygens (including phenoxy) is 1. The topological polar surface area (TPSA) is 74.2 Å². The maximum Gasteiger partial charge on any atom is 0.258 e. The molecule has 0 saturated heterocycles. The van der Waals surface area contributed by atoms with E-state index in [0.717, 1.165) is 11.3 Å². The van der Waals surface area contributed by atoms with E-state index in [0.29, 0.717) is 23.2 Å². The lowest BCUT2D eigenvalue weighted by atomic mass is 10.2. The van der Waals surface area contributed by atoms with Gasteiger partial charge >= 0.3 is 0 Å². The van der Waals surface area contributed by atoms with E-state index in [4.69, 9.17) is 15.0 Å². The van der Waals surface area contributed by atoms with Crippen LogP contribution in [0.4, 0.5) is 5.69 Å².